The van der Waals surface area contributed by atoms with Crippen LogP contribution in [0.3, 0.4) is 0 Å². The van der Waals surface area contributed by atoms with Gasteiger partial charge in [0.15, 0.2) is 0 Å². The van der Waals surface area contributed by atoms with E-state index in [4.69, 9.17) is 0 Å². The van der Waals surface area contributed by atoms with Gasteiger partial charge in [0.05, 0.1) is 12.3 Å². The van der Waals surface area contributed by atoms with Gasteiger partial charge in [0.1, 0.15) is 0 Å². The minimum absolute atomic E-state index is 0.0455. The third-order valence-corrected chi connectivity index (χ3v) is 4.58. The Morgan fingerprint density at radius 3 is 2.76 bits per heavy atom. The summed E-state index contributed by atoms with van der Waals surface area (Å²) in [5, 5.41) is 11.2. The fraction of sp³-hybridized carbons (Fsp3) is 0.250. The SMILES string of the molecule is O=C(O)C1Cc2ccccc2N(C(=O)Cc2cccs2)C1. The van der Waals surface area contributed by atoms with Crippen LogP contribution in [-0.2, 0) is 22.4 Å². The Kier molecular flexibility index (Phi) is 3.75. The number of anilines is 1. The average Bonchev–Trinajstić information content (AvgIpc) is 2.98. The Bertz CT molecular complexity index is 666. The van der Waals surface area contributed by atoms with Crippen molar-refractivity contribution in [2.45, 2.75) is 12.8 Å². The van der Waals surface area contributed by atoms with Crippen molar-refractivity contribution >= 4 is 28.9 Å². The molecule has 1 unspecified atom stereocenters. The monoisotopic (exact) mass is 301 g/mol. The lowest BCUT2D eigenvalue weighted by Gasteiger charge is -2.33. The first-order chi connectivity index (χ1) is 10.1. The summed E-state index contributed by atoms with van der Waals surface area (Å²) in [4.78, 5) is 26.5. The van der Waals surface area contributed by atoms with Crippen LogP contribution in [0, 0.1) is 5.92 Å². The van der Waals surface area contributed by atoms with Crippen molar-refractivity contribution in [2.75, 3.05) is 11.4 Å². The number of para-hydroxylation sites is 1. The van der Waals surface area contributed by atoms with E-state index in [0.29, 0.717) is 12.8 Å². The fourth-order valence-corrected chi connectivity index (χ4v) is 3.35. The molecule has 1 amide bonds. The Balaban J connectivity index is 1.89. The standard InChI is InChI=1S/C16H15NO3S/c18-15(9-13-5-3-7-21-13)17-10-12(16(19)20)8-11-4-1-2-6-14(11)17/h1-7,12H,8-10H2,(H,19,20). The molecule has 0 bridgehead atoms. The number of carboxylic acid groups (broad SMARTS) is 1. The summed E-state index contributed by atoms with van der Waals surface area (Å²) >= 11 is 1.54. The van der Waals surface area contributed by atoms with Crippen LogP contribution in [0.4, 0.5) is 5.69 Å². The van der Waals surface area contributed by atoms with Crippen LogP contribution in [-0.4, -0.2) is 23.5 Å². The number of nitrogens with zero attached hydrogens (tertiary/aromatic N) is 1. The molecule has 0 saturated carbocycles. The van der Waals surface area contributed by atoms with Crippen LogP contribution in [0.2, 0.25) is 0 Å². The van der Waals surface area contributed by atoms with E-state index in [-0.39, 0.29) is 12.5 Å². The number of hydrogen-bond acceptors (Lipinski definition) is 3. The summed E-state index contributed by atoms with van der Waals surface area (Å²) in [7, 11) is 0. The van der Waals surface area contributed by atoms with E-state index in [2.05, 4.69) is 0 Å². The van der Waals surface area contributed by atoms with Crippen molar-refractivity contribution in [1.82, 2.24) is 0 Å². The molecule has 0 aliphatic carbocycles. The molecular weight excluding hydrogens is 286 g/mol. The highest BCUT2D eigenvalue weighted by atomic mass is 32.1. The average molecular weight is 301 g/mol. The summed E-state index contributed by atoms with van der Waals surface area (Å²) in [5.41, 5.74) is 1.77. The van der Waals surface area contributed by atoms with Crippen molar-refractivity contribution in [3.63, 3.8) is 0 Å². The molecule has 0 saturated heterocycles. The van der Waals surface area contributed by atoms with Gasteiger partial charge in [-0.2, -0.15) is 0 Å². The van der Waals surface area contributed by atoms with Gasteiger partial charge in [-0.1, -0.05) is 24.3 Å². The summed E-state index contributed by atoms with van der Waals surface area (Å²) in [6.07, 6.45) is 0.798. The Hall–Kier alpha value is -2.14. The van der Waals surface area contributed by atoms with Crippen LogP contribution >= 0.6 is 11.3 Å². The van der Waals surface area contributed by atoms with Gasteiger partial charge in [-0.15, -0.1) is 11.3 Å². The van der Waals surface area contributed by atoms with Crippen LogP contribution < -0.4 is 4.90 Å². The number of hydrogen-bond donors (Lipinski definition) is 1. The molecule has 2 aromatic rings. The second kappa shape index (κ2) is 5.69. The molecule has 4 nitrogen and oxygen atoms in total. The second-order valence-electron chi connectivity index (χ2n) is 5.13. The van der Waals surface area contributed by atoms with E-state index in [9.17, 15) is 14.7 Å². The molecule has 5 heteroatoms. The molecular formula is C16H15NO3S. The molecule has 1 atom stereocenters. The second-order valence-corrected chi connectivity index (χ2v) is 6.16. The van der Waals surface area contributed by atoms with E-state index in [1.54, 1.807) is 4.90 Å². The van der Waals surface area contributed by atoms with Crippen LogP contribution in [0.5, 0.6) is 0 Å². The first-order valence-electron chi connectivity index (χ1n) is 6.78. The first kappa shape index (κ1) is 13.8. The number of carbonyl (C=O) groups excluding carboxylic acids is 1. The molecule has 1 aromatic heterocycles. The number of benzene rings is 1. The molecule has 3 rings (SSSR count). The number of fused-ring (bicyclic) bond motifs is 1. The minimum atomic E-state index is -0.849. The molecule has 108 valence electrons. The normalized spacial score (nSPS) is 17.3. The number of amides is 1. The predicted octanol–water partition coefficient (Wildman–Crippen LogP) is 2.58. The first-order valence-corrected chi connectivity index (χ1v) is 7.66. The predicted molar refractivity (Wildman–Crippen MR) is 81.6 cm³/mol. The molecule has 2 heterocycles. The minimum Gasteiger partial charge on any atom is -0.481 e. The number of thiophene rings is 1. The molecule has 0 spiro atoms. The van der Waals surface area contributed by atoms with E-state index in [0.717, 1.165) is 16.1 Å². The lowest BCUT2D eigenvalue weighted by molar-refractivity contribution is -0.141. The third-order valence-electron chi connectivity index (χ3n) is 3.71. The van der Waals surface area contributed by atoms with Crippen molar-refractivity contribution in [3.8, 4) is 0 Å². The zero-order valence-electron chi connectivity index (χ0n) is 11.4. The molecule has 0 radical (unpaired) electrons. The maximum Gasteiger partial charge on any atom is 0.308 e. The van der Waals surface area contributed by atoms with Crippen molar-refractivity contribution in [3.05, 3.63) is 52.2 Å². The zero-order valence-corrected chi connectivity index (χ0v) is 12.2. The Morgan fingerprint density at radius 2 is 2.05 bits per heavy atom. The fourth-order valence-electron chi connectivity index (χ4n) is 2.65. The van der Waals surface area contributed by atoms with Gasteiger partial charge in [-0.3, -0.25) is 9.59 Å². The lowest BCUT2D eigenvalue weighted by Crippen LogP contribution is -2.43. The number of carboxylic acids is 1. The Morgan fingerprint density at radius 1 is 1.24 bits per heavy atom. The maximum atomic E-state index is 12.5. The molecule has 21 heavy (non-hydrogen) atoms. The van der Waals surface area contributed by atoms with E-state index in [1.807, 2.05) is 41.8 Å². The highest BCUT2D eigenvalue weighted by molar-refractivity contribution is 7.10. The lowest BCUT2D eigenvalue weighted by atomic mass is 9.92. The van der Waals surface area contributed by atoms with E-state index >= 15 is 0 Å². The zero-order chi connectivity index (χ0) is 14.8. The molecule has 1 aromatic carbocycles. The molecule has 1 N–H and O–H groups in total. The third kappa shape index (κ3) is 2.83. The van der Waals surface area contributed by atoms with E-state index in [1.165, 1.54) is 11.3 Å². The van der Waals surface area contributed by atoms with Crippen LogP contribution in [0.25, 0.3) is 0 Å². The number of carbonyl (C=O) groups is 2. The number of aliphatic carboxylic acids is 1. The van der Waals surface area contributed by atoms with Gasteiger partial charge in [0.2, 0.25) is 5.91 Å². The quantitative estimate of drug-likeness (QED) is 0.948. The maximum absolute atomic E-state index is 12.5. The summed E-state index contributed by atoms with van der Waals surface area (Å²) in [6.45, 7) is 0.247. The van der Waals surface area contributed by atoms with Crippen LogP contribution in [0.1, 0.15) is 10.4 Å². The summed E-state index contributed by atoms with van der Waals surface area (Å²) in [6, 6.07) is 11.4. The highest BCUT2D eigenvalue weighted by Crippen LogP contribution is 2.30. The molecule has 1 aliphatic rings. The van der Waals surface area contributed by atoms with Gasteiger partial charge >= 0.3 is 5.97 Å². The van der Waals surface area contributed by atoms with Gasteiger partial charge in [0.25, 0.3) is 0 Å². The summed E-state index contributed by atoms with van der Waals surface area (Å²) in [5.74, 6) is -1.43. The smallest absolute Gasteiger partial charge is 0.308 e. The van der Waals surface area contributed by atoms with Crippen molar-refractivity contribution < 1.29 is 14.7 Å². The van der Waals surface area contributed by atoms with Crippen molar-refractivity contribution in [1.29, 1.82) is 0 Å². The topological polar surface area (TPSA) is 57.6 Å². The van der Waals surface area contributed by atoms with Gasteiger partial charge < -0.3 is 10.0 Å². The summed E-state index contributed by atoms with van der Waals surface area (Å²) < 4.78 is 0. The molecule has 1 aliphatic heterocycles. The van der Waals surface area contributed by atoms with Gasteiger partial charge in [-0.25, -0.2) is 0 Å². The highest BCUT2D eigenvalue weighted by Gasteiger charge is 2.31. The largest absolute Gasteiger partial charge is 0.481 e. The van der Waals surface area contributed by atoms with Crippen LogP contribution in [0.15, 0.2) is 41.8 Å². The Labute approximate surface area is 126 Å². The molecule has 0 fully saturated rings. The number of rotatable bonds is 3. The van der Waals surface area contributed by atoms with Gasteiger partial charge in [0, 0.05) is 17.1 Å². The van der Waals surface area contributed by atoms with Gasteiger partial charge in [-0.05, 0) is 29.5 Å². The van der Waals surface area contributed by atoms with Crippen molar-refractivity contribution in [2.24, 2.45) is 5.92 Å². The van der Waals surface area contributed by atoms with E-state index < -0.39 is 11.9 Å².